The molecule has 2 aromatic carbocycles. The summed E-state index contributed by atoms with van der Waals surface area (Å²) >= 11 is 0. The summed E-state index contributed by atoms with van der Waals surface area (Å²) < 4.78 is 17.7. The first-order chi connectivity index (χ1) is 11.0. The molecular formula is C16H13FN2O4. The van der Waals surface area contributed by atoms with Crippen LogP contribution < -0.4 is 10.1 Å². The largest absolute Gasteiger partial charge is 0.496 e. The van der Waals surface area contributed by atoms with E-state index in [1.165, 1.54) is 61.7 Å². The molecule has 0 unspecified atom stereocenters. The summed E-state index contributed by atoms with van der Waals surface area (Å²) in [5, 5.41) is 13.5. The lowest BCUT2D eigenvalue weighted by molar-refractivity contribution is -0.384. The summed E-state index contributed by atoms with van der Waals surface area (Å²) in [4.78, 5) is 22.3. The van der Waals surface area contributed by atoms with Crippen LogP contribution in [0.1, 0.15) is 5.56 Å². The molecule has 0 aliphatic heterocycles. The number of benzene rings is 2. The number of nitrogens with zero attached hydrogens (tertiary/aromatic N) is 1. The zero-order valence-electron chi connectivity index (χ0n) is 12.2. The Morgan fingerprint density at radius 3 is 2.57 bits per heavy atom. The molecule has 0 saturated heterocycles. The highest BCUT2D eigenvalue weighted by Crippen LogP contribution is 2.28. The van der Waals surface area contributed by atoms with Gasteiger partial charge in [-0.1, -0.05) is 12.1 Å². The van der Waals surface area contributed by atoms with Crippen molar-refractivity contribution in [1.82, 2.24) is 0 Å². The van der Waals surface area contributed by atoms with Crippen LogP contribution >= 0.6 is 0 Å². The maximum absolute atomic E-state index is 12.8. The fraction of sp³-hybridized carbons (Fsp3) is 0.0625. The number of hydrogen-bond donors (Lipinski definition) is 1. The third-order valence-electron chi connectivity index (χ3n) is 2.96. The molecule has 0 radical (unpaired) electrons. The smallest absolute Gasteiger partial charge is 0.296 e. The van der Waals surface area contributed by atoms with Crippen molar-refractivity contribution in [3.63, 3.8) is 0 Å². The Kier molecular flexibility index (Phi) is 5.03. The summed E-state index contributed by atoms with van der Waals surface area (Å²) in [6, 6.07) is 9.67. The van der Waals surface area contributed by atoms with Crippen molar-refractivity contribution in [1.29, 1.82) is 0 Å². The number of nitro benzene ring substituents is 1. The van der Waals surface area contributed by atoms with Crippen LogP contribution in [0.15, 0.2) is 48.5 Å². The standard InChI is InChI=1S/C16H13FN2O4/c1-23-13-7-8-14(15(10-13)19(21)22)18-16(20)9-4-11-2-5-12(17)6-3-11/h2-10H,1H3,(H,18,20)/b9-4+. The Labute approximate surface area is 131 Å². The van der Waals surface area contributed by atoms with E-state index in [1.807, 2.05) is 0 Å². The third kappa shape index (κ3) is 4.37. The molecule has 0 aliphatic carbocycles. The van der Waals surface area contributed by atoms with E-state index >= 15 is 0 Å². The zero-order chi connectivity index (χ0) is 16.8. The topological polar surface area (TPSA) is 81.5 Å². The highest BCUT2D eigenvalue weighted by Gasteiger charge is 2.16. The number of rotatable bonds is 5. The van der Waals surface area contributed by atoms with E-state index in [4.69, 9.17) is 4.74 Å². The van der Waals surface area contributed by atoms with Crippen LogP contribution in [0.5, 0.6) is 5.75 Å². The van der Waals surface area contributed by atoms with Crippen molar-refractivity contribution in [2.45, 2.75) is 0 Å². The Morgan fingerprint density at radius 1 is 1.26 bits per heavy atom. The minimum absolute atomic E-state index is 0.0598. The number of anilines is 1. The molecule has 0 bridgehead atoms. The van der Waals surface area contributed by atoms with Crippen LogP contribution in [-0.4, -0.2) is 17.9 Å². The first-order valence-corrected chi connectivity index (χ1v) is 6.56. The number of nitrogens with one attached hydrogen (secondary N) is 1. The van der Waals surface area contributed by atoms with Crippen molar-refractivity contribution in [2.24, 2.45) is 0 Å². The number of amides is 1. The van der Waals surface area contributed by atoms with Gasteiger partial charge in [-0.05, 0) is 35.9 Å². The number of nitro groups is 1. The Bertz CT molecular complexity index is 757. The normalized spacial score (nSPS) is 10.5. The molecule has 0 spiro atoms. The van der Waals surface area contributed by atoms with Gasteiger partial charge in [0.25, 0.3) is 5.69 Å². The van der Waals surface area contributed by atoms with Gasteiger partial charge in [-0.15, -0.1) is 0 Å². The third-order valence-corrected chi connectivity index (χ3v) is 2.96. The molecule has 0 heterocycles. The van der Waals surface area contributed by atoms with Crippen molar-refractivity contribution in [3.05, 3.63) is 70.0 Å². The second-order valence-corrected chi connectivity index (χ2v) is 4.51. The first kappa shape index (κ1) is 16.2. The van der Waals surface area contributed by atoms with Gasteiger partial charge in [0.1, 0.15) is 17.3 Å². The predicted molar refractivity (Wildman–Crippen MR) is 83.7 cm³/mol. The summed E-state index contributed by atoms with van der Waals surface area (Å²) in [6.45, 7) is 0. The molecule has 23 heavy (non-hydrogen) atoms. The lowest BCUT2D eigenvalue weighted by Crippen LogP contribution is -2.09. The SMILES string of the molecule is COc1ccc(NC(=O)/C=C/c2ccc(F)cc2)c([N+](=O)[O-])c1. The Morgan fingerprint density at radius 2 is 1.96 bits per heavy atom. The van der Waals surface area contributed by atoms with Gasteiger partial charge in [0.05, 0.1) is 18.1 Å². The monoisotopic (exact) mass is 316 g/mol. The number of halogens is 1. The maximum Gasteiger partial charge on any atom is 0.296 e. The molecule has 0 saturated carbocycles. The van der Waals surface area contributed by atoms with Crippen molar-refractivity contribution >= 4 is 23.4 Å². The predicted octanol–water partition coefficient (Wildman–Crippen LogP) is 3.39. The van der Waals surface area contributed by atoms with Crippen molar-refractivity contribution < 1.29 is 18.8 Å². The van der Waals surface area contributed by atoms with Gasteiger partial charge in [-0.3, -0.25) is 14.9 Å². The number of carbonyl (C=O) groups excluding carboxylic acids is 1. The van der Waals surface area contributed by atoms with E-state index in [0.717, 1.165) is 0 Å². The van der Waals surface area contributed by atoms with E-state index in [2.05, 4.69) is 5.32 Å². The summed E-state index contributed by atoms with van der Waals surface area (Å²) in [5.41, 5.74) is 0.420. The minimum atomic E-state index is -0.609. The molecular weight excluding hydrogens is 303 g/mol. The quantitative estimate of drug-likeness (QED) is 0.521. The molecule has 1 N–H and O–H groups in total. The molecule has 1 amide bonds. The fourth-order valence-corrected chi connectivity index (χ4v) is 1.82. The van der Waals surface area contributed by atoms with Crippen molar-refractivity contribution in [2.75, 3.05) is 12.4 Å². The molecule has 0 atom stereocenters. The molecule has 2 rings (SSSR count). The lowest BCUT2D eigenvalue weighted by atomic mass is 10.2. The van der Waals surface area contributed by atoms with Crippen LogP contribution in [0, 0.1) is 15.9 Å². The Hall–Kier alpha value is -3.22. The zero-order valence-corrected chi connectivity index (χ0v) is 12.2. The molecule has 118 valence electrons. The Balaban J connectivity index is 2.13. The number of methoxy groups -OCH3 is 1. The van der Waals surface area contributed by atoms with Crippen LogP contribution in [0.3, 0.4) is 0 Å². The average Bonchev–Trinajstić information content (AvgIpc) is 2.54. The van der Waals surface area contributed by atoms with Crippen LogP contribution in [0.4, 0.5) is 15.8 Å². The van der Waals surface area contributed by atoms with Gasteiger partial charge < -0.3 is 10.1 Å². The molecule has 6 nitrogen and oxygen atoms in total. The van der Waals surface area contributed by atoms with Crippen molar-refractivity contribution in [3.8, 4) is 5.75 Å². The van der Waals surface area contributed by atoms with Gasteiger partial charge in [0.2, 0.25) is 5.91 Å². The minimum Gasteiger partial charge on any atom is -0.496 e. The van der Waals surface area contributed by atoms with Crippen LogP contribution in [0.25, 0.3) is 6.08 Å². The molecule has 0 fully saturated rings. The first-order valence-electron chi connectivity index (χ1n) is 6.56. The molecule has 7 heteroatoms. The number of hydrogen-bond acceptors (Lipinski definition) is 4. The van der Waals surface area contributed by atoms with Gasteiger partial charge in [-0.2, -0.15) is 0 Å². The molecule has 0 aliphatic rings. The molecule has 0 aromatic heterocycles. The van der Waals surface area contributed by atoms with Crippen LogP contribution in [0.2, 0.25) is 0 Å². The van der Waals surface area contributed by atoms with E-state index in [1.54, 1.807) is 0 Å². The average molecular weight is 316 g/mol. The fourth-order valence-electron chi connectivity index (χ4n) is 1.82. The summed E-state index contributed by atoms with van der Waals surface area (Å²) in [5.74, 6) is -0.598. The summed E-state index contributed by atoms with van der Waals surface area (Å²) in [6.07, 6.45) is 2.69. The highest BCUT2D eigenvalue weighted by molar-refractivity contribution is 6.03. The molecule has 2 aromatic rings. The highest BCUT2D eigenvalue weighted by atomic mass is 19.1. The lowest BCUT2D eigenvalue weighted by Gasteiger charge is -2.05. The van der Waals surface area contributed by atoms with E-state index in [9.17, 15) is 19.3 Å². The number of carbonyl (C=O) groups is 1. The second-order valence-electron chi connectivity index (χ2n) is 4.51. The van der Waals surface area contributed by atoms with Gasteiger partial charge >= 0.3 is 0 Å². The second kappa shape index (κ2) is 7.17. The van der Waals surface area contributed by atoms with E-state index < -0.39 is 10.8 Å². The summed E-state index contributed by atoms with van der Waals surface area (Å²) in [7, 11) is 1.39. The maximum atomic E-state index is 12.8. The van der Waals surface area contributed by atoms with Crippen LogP contribution in [-0.2, 0) is 4.79 Å². The van der Waals surface area contributed by atoms with Gasteiger partial charge in [0.15, 0.2) is 0 Å². The van der Waals surface area contributed by atoms with E-state index in [0.29, 0.717) is 11.3 Å². The van der Waals surface area contributed by atoms with Gasteiger partial charge in [0, 0.05) is 6.08 Å². The van der Waals surface area contributed by atoms with Gasteiger partial charge in [-0.25, -0.2) is 4.39 Å². The number of ether oxygens (including phenoxy) is 1. The van der Waals surface area contributed by atoms with E-state index in [-0.39, 0.29) is 17.2 Å².